The van der Waals surface area contributed by atoms with E-state index in [2.05, 4.69) is 45.5 Å². The number of rotatable bonds is 4. The number of para-hydroxylation sites is 2. The highest BCUT2D eigenvalue weighted by atomic mass is 16.3. The second-order valence-corrected chi connectivity index (χ2v) is 5.92. The first-order chi connectivity index (χ1) is 10.7. The van der Waals surface area contributed by atoms with Crippen LogP contribution in [0.15, 0.2) is 42.6 Å². The van der Waals surface area contributed by atoms with E-state index in [1.165, 1.54) is 11.3 Å². The monoisotopic (exact) mass is 297 g/mol. The van der Waals surface area contributed by atoms with Crippen LogP contribution in [0.4, 0.5) is 11.4 Å². The van der Waals surface area contributed by atoms with Gasteiger partial charge in [0.1, 0.15) is 0 Å². The zero-order valence-electron chi connectivity index (χ0n) is 13.0. The van der Waals surface area contributed by atoms with Crippen LogP contribution in [0.1, 0.15) is 24.1 Å². The molecule has 0 radical (unpaired) electrons. The minimum Gasteiger partial charge on any atom is -0.393 e. The number of anilines is 2. The van der Waals surface area contributed by atoms with Crippen molar-refractivity contribution in [1.29, 1.82) is 0 Å². The van der Waals surface area contributed by atoms with Crippen molar-refractivity contribution in [1.82, 2.24) is 4.98 Å². The number of piperidine rings is 1. The molecule has 1 aromatic carbocycles. The van der Waals surface area contributed by atoms with E-state index in [4.69, 9.17) is 0 Å². The Labute approximate surface area is 131 Å². The maximum absolute atomic E-state index is 9.67. The highest BCUT2D eigenvalue weighted by Crippen LogP contribution is 2.28. The third-order valence-electron chi connectivity index (χ3n) is 4.14. The highest BCUT2D eigenvalue weighted by Gasteiger charge is 2.19. The van der Waals surface area contributed by atoms with Crippen molar-refractivity contribution >= 4 is 11.4 Å². The summed E-state index contributed by atoms with van der Waals surface area (Å²) in [6, 6.07) is 12.5. The van der Waals surface area contributed by atoms with Crippen LogP contribution in [0.3, 0.4) is 0 Å². The standard InChI is InChI=1S/C18H23N3O/c1-14-6-7-15(19-12-14)13-20-17-4-2-3-5-18(17)21-10-8-16(22)9-11-21/h2-7,12,16,20,22H,8-11,13H2,1H3. The van der Waals surface area contributed by atoms with E-state index in [0.29, 0.717) is 6.54 Å². The first-order valence-electron chi connectivity index (χ1n) is 7.90. The molecular formula is C18H23N3O. The molecule has 2 N–H and O–H groups in total. The van der Waals surface area contributed by atoms with Crippen LogP contribution >= 0.6 is 0 Å². The number of aromatic nitrogens is 1. The maximum atomic E-state index is 9.67. The summed E-state index contributed by atoms with van der Waals surface area (Å²) in [6.07, 6.45) is 3.43. The average Bonchev–Trinajstić information content (AvgIpc) is 2.55. The van der Waals surface area contributed by atoms with Crippen molar-refractivity contribution < 1.29 is 5.11 Å². The number of hydrogen-bond donors (Lipinski definition) is 2. The van der Waals surface area contributed by atoms with Crippen molar-refractivity contribution in [2.75, 3.05) is 23.3 Å². The fourth-order valence-electron chi connectivity index (χ4n) is 2.79. The lowest BCUT2D eigenvalue weighted by atomic mass is 10.1. The lowest BCUT2D eigenvalue weighted by Crippen LogP contribution is -2.36. The summed E-state index contributed by atoms with van der Waals surface area (Å²) in [5.74, 6) is 0. The van der Waals surface area contributed by atoms with E-state index < -0.39 is 0 Å². The minimum atomic E-state index is -0.145. The van der Waals surface area contributed by atoms with Crippen molar-refractivity contribution in [2.24, 2.45) is 0 Å². The lowest BCUT2D eigenvalue weighted by molar-refractivity contribution is 0.145. The molecule has 0 spiro atoms. The number of benzene rings is 1. The first-order valence-corrected chi connectivity index (χ1v) is 7.90. The highest BCUT2D eigenvalue weighted by molar-refractivity contribution is 5.70. The molecule has 0 amide bonds. The Morgan fingerprint density at radius 2 is 1.95 bits per heavy atom. The maximum Gasteiger partial charge on any atom is 0.0602 e. The molecule has 4 heteroatoms. The Hall–Kier alpha value is -2.07. The van der Waals surface area contributed by atoms with E-state index in [0.717, 1.165) is 37.3 Å². The summed E-state index contributed by atoms with van der Waals surface area (Å²) in [5.41, 5.74) is 4.55. The molecule has 3 rings (SSSR count). The second kappa shape index (κ2) is 6.79. The number of nitrogens with one attached hydrogen (secondary N) is 1. The number of aliphatic hydroxyl groups is 1. The first kappa shape index (κ1) is 14.9. The summed E-state index contributed by atoms with van der Waals surface area (Å²) in [4.78, 5) is 6.78. The van der Waals surface area contributed by atoms with Crippen molar-refractivity contribution in [2.45, 2.75) is 32.4 Å². The Morgan fingerprint density at radius 1 is 1.18 bits per heavy atom. The summed E-state index contributed by atoms with van der Waals surface area (Å²) in [6.45, 7) is 4.57. The van der Waals surface area contributed by atoms with Gasteiger partial charge in [-0.2, -0.15) is 0 Å². The van der Waals surface area contributed by atoms with Crippen LogP contribution in [0.5, 0.6) is 0 Å². The van der Waals surface area contributed by atoms with Crippen LogP contribution in [-0.4, -0.2) is 29.3 Å². The van der Waals surface area contributed by atoms with Crippen molar-refractivity contribution in [3.05, 3.63) is 53.9 Å². The molecule has 1 aliphatic rings. The third kappa shape index (κ3) is 3.57. The smallest absolute Gasteiger partial charge is 0.0602 e. The summed E-state index contributed by atoms with van der Waals surface area (Å²) in [7, 11) is 0. The van der Waals surface area contributed by atoms with E-state index >= 15 is 0 Å². The van der Waals surface area contributed by atoms with Crippen LogP contribution in [-0.2, 0) is 6.54 Å². The molecule has 0 saturated carbocycles. The van der Waals surface area contributed by atoms with Gasteiger partial charge in [-0.05, 0) is 43.5 Å². The Balaban J connectivity index is 1.69. The molecule has 4 nitrogen and oxygen atoms in total. The van der Waals surface area contributed by atoms with Gasteiger partial charge >= 0.3 is 0 Å². The summed E-state index contributed by atoms with van der Waals surface area (Å²) in [5, 5.41) is 13.2. The Morgan fingerprint density at radius 3 is 2.68 bits per heavy atom. The van der Waals surface area contributed by atoms with Crippen LogP contribution in [0, 0.1) is 6.92 Å². The van der Waals surface area contributed by atoms with Gasteiger partial charge in [-0.1, -0.05) is 18.2 Å². The van der Waals surface area contributed by atoms with Gasteiger partial charge in [0.15, 0.2) is 0 Å². The summed E-state index contributed by atoms with van der Waals surface area (Å²) < 4.78 is 0. The molecule has 1 aliphatic heterocycles. The molecule has 22 heavy (non-hydrogen) atoms. The van der Waals surface area contributed by atoms with E-state index in [9.17, 15) is 5.11 Å². The second-order valence-electron chi connectivity index (χ2n) is 5.92. The van der Waals surface area contributed by atoms with E-state index in [1.54, 1.807) is 0 Å². The SMILES string of the molecule is Cc1ccc(CNc2ccccc2N2CCC(O)CC2)nc1. The number of nitrogens with zero attached hydrogens (tertiary/aromatic N) is 2. The van der Waals surface area contributed by atoms with Crippen LogP contribution in [0.25, 0.3) is 0 Å². The zero-order valence-corrected chi connectivity index (χ0v) is 13.0. The third-order valence-corrected chi connectivity index (χ3v) is 4.14. The average molecular weight is 297 g/mol. The van der Waals surface area contributed by atoms with E-state index in [-0.39, 0.29) is 6.10 Å². The molecule has 1 aromatic heterocycles. The molecule has 0 atom stereocenters. The van der Waals surface area contributed by atoms with Gasteiger partial charge in [0.25, 0.3) is 0 Å². The van der Waals surface area contributed by atoms with Crippen molar-refractivity contribution in [3.63, 3.8) is 0 Å². The largest absolute Gasteiger partial charge is 0.393 e. The zero-order chi connectivity index (χ0) is 15.4. The normalized spacial score (nSPS) is 15.8. The quantitative estimate of drug-likeness (QED) is 0.911. The molecule has 1 saturated heterocycles. The number of aliphatic hydroxyl groups excluding tert-OH is 1. The summed E-state index contributed by atoms with van der Waals surface area (Å²) >= 11 is 0. The van der Waals surface area contributed by atoms with Gasteiger partial charge in [0.2, 0.25) is 0 Å². The van der Waals surface area contributed by atoms with E-state index in [1.807, 2.05) is 19.2 Å². The predicted octanol–water partition coefficient (Wildman–Crippen LogP) is 2.96. The predicted molar refractivity (Wildman–Crippen MR) is 90.2 cm³/mol. The van der Waals surface area contributed by atoms with Gasteiger partial charge in [0, 0.05) is 19.3 Å². The molecule has 2 aromatic rings. The minimum absolute atomic E-state index is 0.145. The van der Waals surface area contributed by atoms with Crippen molar-refractivity contribution in [3.8, 4) is 0 Å². The van der Waals surface area contributed by atoms with Gasteiger partial charge in [-0.25, -0.2) is 0 Å². The molecule has 116 valence electrons. The molecule has 0 aliphatic carbocycles. The van der Waals surface area contributed by atoms with Crippen LogP contribution < -0.4 is 10.2 Å². The Kier molecular flexibility index (Phi) is 4.59. The fourth-order valence-corrected chi connectivity index (χ4v) is 2.79. The lowest BCUT2D eigenvalue weighted by Gasteiger charge is -2.33. The number of hydrogen-bond acceptors (Lipinski definition) is 4. The molecular weight excluding hydrogens is 274 g/mol. The molecule has 2 heterocycles. The topological polar surface area (TPSA) is 48.4 Å². The number of aryl methyl sites for hydroxylation is 1. The van der Waals surface area contributed by atoms with Gasteiger partial charge in [0.05, 0.1) is 29.7 Å². The molecule has 0 bridgehead atoms. The fraction of sp³-hybridized carbons (Fsp3) is 0.389. The Bertz CT molecular complexity index is 604. The van der Waals surface area contributed by atoms with Gasteiger partial charge in [-0.3, -0.25) is 4.98 Å². The molecule has 1 fully saturated rings. The number of pyridine rings is 1. The van der Waals surface area contributed by atoms with Crippen LogP contribution in [0.2, 0.25) is 0 Å². The molecule has 0 unspecified atom stereocenters. The van der Waals surface area contributed by atoms with Gasteiger partial charge in [-0.15, -0.1) is 0 Å². The van der Waals surface area contributed by atoms with Gasteiger partial charge < -0.3 is 15.3 Å².